The molecule has 2 fully saturated rings. The Bertz CT molecular complexity index is 844. The zero-order valence-corrected chi connectivity index (χ0v) is 15.2. The Hall–Kier alpha value is -2.21. The predicted molar refractivity (Wildman–Crippen MR) is 100 cm³/mol. The molecule has 1 N–H and O–H groups in total. The highest BCUT2D eigenvalue weighted by Gasteiger charge is 2.26. The van der Waals surface area contributed by atoms with Crippen LogP contribution in [0.4, 0.5) is 10.1 Å². The van der Waals surface area contributed by atoms with Crippen molar-refractivity contribution in [2.24, 2.45) is 0 Å². The molecule has 1 unspecified atom stereocenters. The second-order valence-electron chi connectivity index (χ2n) is 7.46. The van der Waals surface area contributed by atoms with E-state index in [4.69, 9.17) is 0 Å². The number of aryl methyl sites for hydroxylation is 1. The summed E-state index contributed by atoms with van der Waals surface area (Å²) < 4.78 is 14.5. The highest BCUT2D eigenvalue weighted by atomic mass is 19.1. The van der Waals surface area contributed by atoms with E-state index in [-0.39, 0.29) is 17.3 Å². The van der Waals surface area contributed by atoms with Gasteiger partial charge in [-0.15, -0.1) is 0 Å². The number of rotatable bonds is 4. The normalized spacial score (nSPS) is 20.8. The number of aromatic nitrogens is 2. The van der Waals surface area contributed by atoms with Gasteiger partial charge in [0.05, 0.1) is 11.4 Å². The fraction of sp³-hybridized carbons (Fsp3) is 0.500. The number of nitrogens with one attached hydrogen (secondary N) is 1. The summed E-state index contributed by atoms with van der Waals surface area (Å²) >= 11 is 0. The lowest BCUT2D eigenvalue weighted by molar-refractivity contribution is 0.325. The van der Waals surface area contributed by atoms with Gasteiger partial charge in [-0.1, -0.05) is 6.07 Å². The van der Waals surface area contributed by atoms with Gasteiger partial charge in [0.2, 0.25) is 0 Å². The van der Waals surface area contributed by atoms with Gasteiger partial charge in [0.25, 0.3) is 5.56 Å². The average molecular weight is 356 g/mol. The molecule has 0 amide bonds. The largest absolute Gasteiger partial charge is 0.369 e. The van der Waals surface area contributed by atoms with E-state index in [1.807, 2.05) is 19.1 Å². The van der Waals surface area contributed by atoms with Crippen molar-refractivity contribution in [1.29, 1.82) is 0 Å². The van der Waals surface area contributed by atoms with Gasteiger partial charge in [-0.2, -0.15) is 0 Å². The number of hydrogen-bond acceptors (Lipinski definition) is 4. The lowest BCUT2D eigenvalue weighted by Crippen LogP contribution is -2.22. The molecule has 1 atom stereocenters. The zero-order valence-electron chi connectivity index (χ0n) is 15.2. The van der Waals surface area contributed by atoms with Crippen molar-refractivity contribution in [3.05, 3.63) is 57.5 Å². The van der Waals surface area contributed by atoms with Crippen molar-refractivity contribution in [1.82, 2.24) is 14.9 Å². The molecule has 1 aromatic carbocycles. The Labute approximate surface area is 152 Å². The van der Waals surface area contributed by atoms with Crippen LogP contribution in [-0.2, 0) is 6.54 Å². The molecule has 26 heavy (non-hydrogen) atoms. The van der Waals surface area contributed by atoms with Crippen LogP contribution in [0.15, 0.2) is 29.1 Å². The van der Waals surface area contributed by atoms with Gasteiger partial charge in [-0.25, -0.2) is 9.37 Å². The van der Waals surface area contributed by atoms with Gasteiger partial charge >= 0.3 is 0 Å². The number of hydrogen-bond donors (Lipinski definition) is 1. The number of anilines is 1. The van der Waals surface area contributed by atoms with E-state index in [0.29, 0.717) is 5.82 Å². The number of likely N-dealkylation sites (tertiary alicyclic amines) is 1. The fourth-order valence-corrected chi connectivity index (χ4v) is 4.15. The number of benzene rings is 1. The summed E-state index contributed by atoms with van der Waals surface area (Å²) in [7, 11) is 0. The monoisotopic (exact) mass is 356 g/mol. The number of aromatic amines is 1. The molecule has 138 valence electrons. The van der Waals surface area contributed by atoms with Gasteiger partial charge in [-0.05, 0) is 50.4 Å². The third-order valence-corrected chi connectivity index (χ3v) is 5.44. The topological polar surface area (TPSA) is 52.2 Å². The van der Waals surface area contributed by atoms with Crippen molar-refractivity contribution in [3.8, 4) is 0 Å². The lowest BCUT2D eigenvalue weighted by Gasteiger charge is -2.20. The van der Waals surface area contributed by atoms with E-state index < -0.39 is 0 Å². The maximum Gasteiger partial charge on any atom is 0.251 e. The number of nitrogens with zero attached hydrogens (tertiary/aromatic N) is 3. The lowest BCUT2D eigenvalue weighted by atomic mass is 10.0. The molecule has 0 radical (unpaired) electrons. The van der Waals surface area contributed by atoms with E-state index in [1.54, 1.807) is 12.1 Å². The molecule has 2 aliphatic heterocycles. The second kappa shape index (κ2) is 7.19. The van der Waals surface area contributed by atoms with Crippen molar-refractivity contribution in [3.63, 3.8) is 0 Å². The minimum Gasteiger partial charge on any atom is -0.369 e. The molecule has 6 heteroatoms. The molecule has 0 aliphatic carbocycles. The standard InChI is InChI=1S/C20H25FN4O/c1-14-22-18(11-20(26)23-14)16-6-9-24(13-16)12-15-4-5-19(17(21)10-15)25-7-2-3-8-25/h4-5,10-11,16H,2-3,6-9,12-13H2,1H3,(H,22,23,26). The zero-order chi connectivity index (χ0) is 18.1. The van der Waals surface area contributed by atoms with E-state index in [1.165, 1.54) is 0 Å². The molecule has 4 rings (SSSR count). The van der Waals surface area contributed by atoms with Crippen LogP contribution in [0.2, 0.25) is 0 Å². The van der Waals surface area contributed by atoms with Crippen molar-refractivity contribution in [2.45, 2.75) is 38.6 Å². The van der Waals surface area contributed by atoms with Crippen LogP contribution in [0.25, 0.3) is 0 Å². The summed E-state index contributed by atoms with van der Waals surface area (Å²) in [5, 5.41) is 0. The molecular weight excluding hydrogens is 331 g/mol. The molecule has 2 saturated heterocycles. The Morgan fingerprint density at radius 3 is 2.77 bits per heavy atom. The first-order valence-corrected chi connectivity index (χ1v) is 9.42. The highest BCUT2D eigenvalue weighted by molar-refractivity contribution is 5.49. The van der Waals surface area contributed by atoms with E-state index in [9.17, 15) is 9.18 Å². The molecule has 2 aromatic rings. The molecule has 3 heterocycles. The maximum absolute atomic E-state index is 14.5. The summed E-state index contributed by atoms with van der Waals surface area (Å²) in [6.45, 7) is 6.23. The van der Waals surface area contributed by atoms with Crippen LogP contribution in [0.1, 0.15) is 42.3 Å². The fourth-order valence-electron chi connectivity index (χ4n) is 4.15. The Morgan fingerprint density at radius 1 is 1.23 bits per heavy atom. The average Bonchev–Trinajstić information content (AvgIpc) is 3.26. The van der Waals surface area contributed by atoms with Gasteiger partial charge in [0, 0.05) is 38.2 Å². The minimum atomic E-state index is -0.118. The van der Waals surface area contributed by atoms with Gasteiger partial charge in [0.1, 0.15) is 11.6 Å². The Morgan fingerprint density at radius 2 is 2.04 bits per heavy atom. The number of H-pyrrole nitrogens is 1. The van der Waals surface area contributed by atoms with Crippen molar-refractivity contribution < 1.29 is 4.39 Å². The number of halogens is 1. The molecular formula is C20H25FN4O. The summed E-state index contributed by atoms with van der Waals surface area (Å²) in [4.78, 5) is 23.3. The summed E-state index contributed by atoms with van der Waals surface area (Å²) in [5.41, 5.74) is 2.50. The summed E-state index contributed by atoms with van der Waals surface area (Å²) in [5.74, 6) is 0.808. The molecule has 0 bridgehead atoms. The first-order valence-electron chi connectivity index (χ1n) is 9.42. The molecule has 0 saturated carbocycles. The van der Waals surface area contributed by atoms with E-state index in [0.717, 1.165) is 68.9 Å². The van der Waals surface area contributed by atoms with Gasteiger partial charge < -0.3 is 9.88 Å². The van der Waals surface area contributed by atoms with Crippen LogP contribution in [0, 0.1) is 12.7 Å². The second-order valence-corrected chi connectivity index (χ2v) is 7.46. The smallest absolute Gasteiger partial charge is 0.251 e. The molecule has 0 spiro atoms. The maximum atomic E-state index is 14.5. The molecule has 1 aromatic heterocycles. The Balaban J connectivity index is 1.42. The van der Waals surface area contributed by atoms with E-state index >= 15 is 0 Å². The van der Waals surface area contributed by atoms with Crippen LogP contribution < -0.4 is 10.5 Å². The van der Waals surface area contributed by atoms with Crippen molar-refractivity contribution >= 4 is 5.69 Å². The van der Waals surface area contributed by atoms with Crippen molar-refractivity contribution in [2.75, 3.05) is 31.1 Å². The quantitative estimate of drug-likeness (QED) is 0.915. The van der Waals surface area contributed by atoms with Crippen LogP contribution in [0.3, 0.4) is 0 Å². The van der Waals surface area contributed by atoms with E-state index in [2.05, 4.69) is 19.8 Å². The Kier molecular flexibility index (Phi) is 4.76. The van der Waals surface area contributed by atoms with Gasteiger partial charge in [-0.3, -0.25) is 9.69 Å². The third-order valence-electron chi connectivity index (χ3n) is 5.44. The molecule has 2 aliphatic rings. The summed E-state index contributed by atoms with van der Waals surface area (Å²) in [6, 6.07) is 7.24. The van der Waals surface area contributed by atoms with Crippen LogP contribution >= 0.6 is 0 Å². The predicted octanol–water partition coefficient (Wildman–Crippen LogP) is 2.81. The minimum absolute atomic E-state index is 0.0921. The summed E-state index contributed by atoms with van der Waals surface area (Å²) in [6.07, 6.45) is 3.27. The van der Waals surface area contributed by atoms with Gasteiger partial charge in [0.15, 0.2) is 0 Å². The van der Waals surface area contributed by atoms with Crippen LogP contribution in [0.5, 0.6) is 0 Å². The third kappa shape index (κ3) is 3.65. The first kappa shape index (κ1) is 17.2. The molecule has 5 nitrogen and oxygen atoms in total. The highest BCUT2D eigenvalue weighted by Crippen LogP contribution is 2.28. The van der Waals surface area contributed by atoms with Crippen LogP contribution in [-0.4, -0.2) is 41.0 Å². The SMILES string of the molecule is Cc1nc(C2CCN(Cc3ccc(N4CCCC4)c(F)c3)C2)cc(=O)[nH]1. The first-order chi connectivity index (χ1) is 12.6.